The van der Waals surface area contributed by atoms with E-state index in [0.29, 0.717) is 17.6 Å². The third kappa shape index (κ3) is 3.07. The van der Waals surface area contributed by atoms with Gasteiger partial charge in [0.2, 0.25) is 0 Å². The number of aromatic hydroxyl groups is 1. The summed E-state index contributed by atoms with van der Waals surface area (Å²) in [6.45, 7) is 4.26. The Morgan fingerprint density at radius 3 is 2.65 bits per heavy atom. The second kappa shape index (κ2) is 5.90. The average Bonchev–Trinajstić information content (AvgIpc) is 2.39. The van der Waals surface area contributed by atoms with Gasteiger partial charge in [-0.05, 0) is 45.2 Å². The van der Waals surface area contributed by atoms with Gasteiger partial charge in [0, 0.05) is 23.7 Å². The van der Waals surface area contributed by atoms with Gasteiger partial charge in [-0.2, -0.15) is 5.10 Å². The maximum Gasteiger partial charge on any atom is 0.311 e. The summed E-state index contributed by atoms with van der Waals surface area (Å²) in [4.78, 5) is 10.2. The van der Waals surface area contributed by atoms with E-state index in [2.05, 4.69) is 18.9 Å². The highest BCUT2D eigenvalue weighted by Crippen LogP contribution is 2.26. The summed E-state index contributed by atoms with van der Waals surface area (Å²) >= 11 is 0. The van der Waals surface area contributed by atoms with E-state index in [-0.39, 0.29) is 11.4 Å². The van der Waals surface area contributed by atoms with Gasteiger partial charge in [0.25, 0.3) is 0 Å². The van der Waals surface area contributed by atoms with Crippen LogP contribution in [-0.2, 0) is 0 Å². The third-order valence-electron chi connectivity index (χ3n) is 3.68. The van der Waals surface area contributed by atoms with Gasteiger partial charge >= 0.3 is 5.69 Å². The molecule has 0 spiro atoms. The molecule has 0 bridgehead atoms. The van der Waals surface area contributed by atoms with E-state index in [1.807, 2.05) is 5.01 Å². The molecule has 0 aliphatic carbocycles. The number of rotatable bonds is 3. The molecule has 1 N–H and O–H groups in total. The van der Waals surface area contributed by atoms with Crippen LogP contribution in [0.1, 0.15) is 38.7 Å². The summed E-state index contributed by atoms with van der Waals surface area (Å²) in [7, 11) is 0. The molecule has 1 heterocycles. The zero-order valence-electron chi connectivity index (χ0n) is 11.7. The van der Waals surface area contributed by atoms with Crippen molar-refractivity contribution in [1.29, 1.82) is 0 Å². The van der Waals surface area contributed by atoms with Crippen LogP contribution in [0.5, 0.6) is 5.75 Å². The molecule has 1 fully saturated rings. The Hall–Kier alpha value is -2.11. The van der Waals surface area contributed by atoms with E-state index in [0.717, 1.165) is 12.8 Å². The Bertz CT molecular complexity index is 520. The number of nitro groups is 1. The van der Waals surface area contributed by atoms with Gasteiger partial charge in [0.05, 0.1) is 11.1 Å². The van der Waals surface area contributed by atoms with Crippen molar-refractivity contribution >= 4 is 11.9 Å². The Kier molecular flexibility index (Phi) is 4.22. The minimum absolute atomic E-state index is 0.298. The zero-order valence-corrected chi connectivity index (χ0v) is 11.7. The molecule has 6 heteroatoms. The molecule has 0 aromatic heterocycles. The number of nitrogens with zero attached hydrogens (tertiary/aromatic N) is 3. The predicted octanol–water partition coefficient (Wildman–Crippen LogP) is 2.90. The molecule has 1 aromatic carbocycles. The topological polar surface area (TPSA) is 79.0 Å². The van der Waals surface area contributed by atoms with Crippen LogP contribution >= 0.6 is 0 Å². The summed E-state index contributed by atoms with van der Waals surface area (Å²) in [5.41, 5.74) is 0.313. The standard InChI is InChI=1S/C14H19N3O3/c1-10-4-3-5-11(2)16(10)15-9-12-6-7-14(18)13(8-12)17(19)20/h6-11,18H,3-5H2,1-2H3/b15-9-/t10-,11-/m0/s1. The molecule has 2 rings (SSSR count). The van der Waals surface area contributed by atoms with Crippen LogP contribution in [-0.4, -0.2) is 33.3 Å². The smallest absolute Gasteiger partial charge is 0.311 e. The van der Waals surface area contributed by atoms with Gasteiger partial charge in [-0.1, -0.05) is 0 Å². The Morgan fingerprint density at radius 2 is 2.05 bits per heavy atom. The van der Waals surface area contributed by atoms with Gasteiger partial charge in [-0.3, -0.25) is 15.1 Å². The van der Waals surface area contributed by atoms with Gasteiger partial charge in [0.1, 0.15) is 0 Å². The number of nitro benzene ring substituents is 1. The second-order valence-electron chi connectivity index (χ2n) is 5.26. The molecule has 0 amide bonds. The fourth-order valence-electron chi connectivity index (χ4n) is 2.54. The van der Waals surface area contributed by atoms with Crippen LogP contribution in [0.15, 0.2) is 23.3 Å². The SMILES string of the molecule is C[C@H]1CCC[C@H](C)N1/N=C\c1ccc(O)c([N+](=O)[O-])c1. The third-order valence-corrected chi connectivity index (χ3v) is 3.68. The highest BCUT2D eigenvalue weighted by molar-refractivity contribution is 5.81. The second-order valence-corrected chi connectivity index (χ2v) is 5.26. The molecular weight excluding hydrogens is 258 g/mol. The number of piperidine rings is 1. The minimum atomic E-state index is -0.598. The van der Waals surface area contributed by atoms with Gasteiger partial charge in [-0.25, -0.2) is 0 Å². The lowest BCUT2D eigenvalue weighted by Gasteiger charge is -2.36. The van der Waals surface area contributed by atoms with E-state index in [1.54, 1.807) is 12.3 Å². The molecular formula is C14H19N3O3. The van der Waals surface area contributed by atoms with Crippen molar-refractivity contribution in [2.45, 2.75) is 45.2 Å². The zero-order chi connectivity index (χ0) is 14.7. The molecule has 108 valence electrons. The maximum atomic E-state index is 10.8. The monoisotopic (exact) mass is 277 g/mol. The summed E-state index contributed by atoms with van der Waals surface area (Å²) in [6, 6.07) is 5.02. The summed E-state index contributed by atoms with van der Waals surface area (Å²) in [5, 5.41) is 26.7. The molecule has 0 saturated carbocycles. The lowest BCUT2D eigenvalue weighted by molar-refractivity contribution is -0.385. The van der Waals surface area contributed by atoms with E-state index in [4.69, 9.17) is 0 Å². The van der Waals surface area contributed by atoms with E-state index < -0.39 is 4.92 Å². The maximum absolute atomic E-state index is 10.8. The highest BCUT2D eigenvalue weighted by atomic mass is 16.6. The number of hydrazone groups is 1. The van der Waals surface area contributed by atoms with Crippen LogP contribution in [0.25, 0.3) is 0 Å². The first-order valence-corrected chi connectivity index (χ1v) is 6.78. The van der Waals surface area contributed by atoms with Gasteiger partial charge in [0.15, 0.2) is 5.75 Å². The van der Waals surface area contributed by atoms with Gasteiger partial charge in [-0.15, -0.1) is 0 Å². The van der Waals surface area contributed by atoms with Crippen LogP contribution in [0, 0.1) is 10.1 Å². The first kappa shape index (κ1) is 14.3. The van der Waals surface area contributed by atoms with Crippen LogP contribution in [0.4, 0.5) is 5.69 Å². The predicted molar refractivity (Wildman–Crippen MR) is 77.0 cm³/mol. The van der Waals surface area contributed by atoms with Gasteiger partial charge < -0.3 is 5.11 Å². The lowest BCUT2D eigenvalue weighted by Crippen LogP contribution is -2.39. The number of benzene rings is 1. The number of hydrogen-bond acceptors (Lipinski definition) is 5. The van der Waals surface area contributed by atoms with Crippen molar-refractivity contribution in [3.8, 4) is 5.75 Å². The molecule has 20 heavy (non-hydrogen) atoms. The molecule has 1 aliphatic rings. The number of phenols is 1. The quantitative estimate of drug-likeness (QED) is 0.523. The van der Waals surface area contributed by atoms with Crippen LogP contribution in [0.3, 0.4) is 0 Å². The van der Waals surface area contributed by atoms with E-state index in [9.17, 15) is 15.2 Å². The van der Waals surface area contributed by atoms with Crippen LogP contribution in [0.2, 0.25) is 0 Å². The summed E-state index contributed by atoms with van der Waals surface area (Å²) < 4.78 is 0. The fourth-order valence-corrected chi connectivity index (χ4v) is 2.54. The fraction of sp³-hybridized carbons (Fsp3) is 0.500. The Balaban J connectivity index is 2.18. The average molecular weight is 277 g/mol. The van der Waals surface area contributed by atoms with Crippen molar-refractivity contribution in [2.75, 3.05) is 0 Å². The number of hydrogen-bond donors (Lipinski definition) is 1. The van der Waals surface area contributed by atoms with Crippen LogP contribution < -0.4 is 0 Å². The van der Waals surface area contributed by atoms with Crippen molar-refractivity contribution in [1.82, 2.24) is 5.01 Å². The Labute approximate surface area is 117 Å². The first-order chi connectivity index (χ1) is 9.49. The minimum Gasteiger partial charge on any atom is -0.502 e. The molecule has 0 unspecified atom stereocenters. The number of phenolic OH excluding ortho intramolecular Hbond substituents is 1. The van der Waals surface area contributed by atoms with Crippen molar-refractivity contribution < 1.29 is 10.0 Å². The van der Waals surface area contributed by atoms with E-state index >= 15 is 0 Å². The Morgan fingerprint density at radius 1 is 1.40 bits per heavy atom. The molecule has 1 aromatic rings. The normalized spacial score (nSPS) is 23.2. The highest BCUT2D eigenvalue weighted by Gasteiger charge is 2.22. The molecule has 2 atom stereocenters. The first-order valence-electron chi connectivity index (χ1n) is 6.78. The molecule has 1 aliphatic heterocycles. The van der Waals surface area contributed by atoms with Crippen molar-refractivity contribution in [3.63, 3.8) is 0 Å². The molecule has 6 nitrogen and oxygen atoms in total. The largest absolute Gasteiger partial charge is 0.502 e. The van der Waals surface area contributed by atoms with Crippen molar-refractivity contribution in [3.05, 3.63) is 33.9 Å². The molecule has 0 radical (unpaired) electrons. The summed E-state index contributed by atoms with van der Waals surface area (Å²) in [6.07, 6.45) is 5.04. The molecule has 1 saturated heterocycles. The van der Waals surface area contributed by atoms with E-state index in [1.165, 1.54) is 18.6 Å². The van der Waals surface area contributed by atoms with Crippen molar-refractivity contribution in [2.24, 2.45) is 5.10 Å². The summed E-state index contributed by atoms with van der Waals surface area (Å²) in [5.74, 6) is -0.327. The lowest BCUT2D eigenvalue weighted by atomic mass is 10.00.